The fourth-order valence-electron chi connectivity index (χ4n) is 8.44. The third kappa shape index (κ3) is 5.50. The number of hydrogen-bond donors (Lipinski definition) is 3. The van der Waals surface area contributed by atoms with Gasteiger partial charge in [-0.3, -0.25) is 14.9 Å². The zero-order chi connectivity index (χ0) is 30.2. The fraction of sp³-hybridized carbons (Fsp3) is 0.645. The molecule has 0 bridgehead atoms. The second-order valence-corrected chi connectivity index (χ2v) is 12.9. The standard InChI is InChI=1S/C31H41N3O8/c1-30-12-10-20(16-19(30)5-6-21-22-7-9-27(36)31(22,2)13-11-23(21)30)33-42-17-28(37)32-24(29(38)41-3)14-18-4-8-26(35)25(15-18)34(39)40/h4,8,15-16,21-24,27,35-36H,5-7,9-14,17H2,1-3H3,(H,32,37)/b33-20-/t21-,22-,23-,24-,27-,30+,31+/m1/s1. The van der Waals surface area contributed by atoms with E-state index in [2.05, 4.69) is 30.4 Å². The van der Waals surface area contributed by atoms with Crippen LogP contribution in [0.5, 0.6) is 5.75 Å². The van der Waals surface area contributed by atoms with Gasteiger partial charge in [0.25, 0.3) is 5.91 Å². The molecule has 0 saturated heterocycles. The summed E-state index contributed by atoms with van der Waals surface area (Å²) in [6.45, 7) is 4.29. The molecule has 0 spiro atoms. The van der Waals surface area contributed by atoms with E-state index in [-0.39, 0.29) is 23.4 Å². The first-order valence-electron chi connectivity index (χ1n) is 14.9. The van der Waals surface area contributed by atoms with Crippen molar-refractivity contribution in [2.75, 3.05) is 13.7 Å². The monoisotopic (exact) mass is 583 g/mol. The summed E-state index contributed by atoms with van der Waals surface area (Å²) < 4.78 is 4.79. The number of hydrogen-bond acceptors (Lipinski definition) is 9. The number of allylic oxidation sites excluding steroid dienone is 2. The second kappa shape index (κ2) is 11.7. The van der Waals surface area contributed by atoms with Gasteiger partial charge in [0.2, 0.25) is 0 Å². The number of methoxy groups -OCH3 is 1. The minimum Gasteiger partial charge on any atom is -0.502 e. The van der Waals surface area contributed by atoms with Crippen molar-refractivity contribution in [2.24, 2.45) is 33.7 Å². The molecule has 0 heterocycles. The molecule has 0 radical (unpaired) electrons. The van der Waals surface area contributed by atoms with E-state index < -0.39 is 40.9 Å². The number of carbonyl (C=O) groups is 2. The van der Waals surface area contributed by atoms with Gasteiger partial charge in [0, 0.05) is 12.5 Å². The highest BCUT2D eigenvalue weighted by molar-refractivity contribution is 5.96. The molecule has 228 valence electrons. The Bertz CT molecular complexity index is 1310. The molecule has 11 heteroatoms. The lowest BCUT2D eigenvalue weighted by molar-refractivity contribution is -0.385. The number of oxime groups is 1. The van der Waals surface area contributed by atoms with E-state index in [9.17, 15) is 29.9 Å². The summed E-state index contributed by atoms with van der Waals surface area (Å²) in [5.41, 5.74) is 2.25. The summed E-state index contributed by atoms with van der Waals surface area (Å²) in [6.07, 6.45) is 10.0. The van der Waals surface area contributed by atoms with Crippen molar-refractivity contribution in [2.45, 2.75) is 83.8 Å². The Morgan fingerprint density at radius 3 is 2.69 bits per heavy atom. The molecule has 42 heavy (non-hydrogen) atoms. The number of ether oxygens (including phenoxy) is 1. The van der Waals surface area contributed by atoms with Crippen LogP contribution in [0.1, 0.15) is 70.8 Å². The number of aliphatic hydroxyl groups is 1. The lowest BCUT2D eigenvalue weighted by atomic mass is 9.47. The highest BCUT2D eigenvalue weighted by Gasteiger charge is 2.58. The number of rotatable bonds is 8. The van der Waals surface area contributed by atoms with Crippen molar-refractivity contribution in [1.82, 2.24) is 5.32 Å². The minimum atomic E-state index is -1.10. The fourth-order valence-corrected chi connectivity index (χ4v) is 8.44. The van der Waals surface area contributed by atoms with Gasteiger partial charge in [-0.1, -0.05) is 30.6 Å². The van der Waals surface area contributed by atoms with Crippen LogP contribution in [0.25, 0.3) is 0 Å². The molecule has 3 fully saturated rings. The van der Waals surface area contributed by atoms with Gasteiger partial charge in [0.15, 0.2) is 12.4 Å². The number of aliphatic hydroxyl groups excluding tert-OH is 1. The molecule has 1 amide bonds. The molecule has 7 atom stereocenters. The van der Waals surface area contributed by atoms with E-state index in [0.717, 1.165) is 63.1 Å². The van der Waals surface area contributed by atoms with Crippen LogP contribution >= 0.6 is 0 Å². The summed E-state index contributed by atoms with van der Waals surface area (Å²) >= 11 is 0. The number of phenolic OH excluding ortho intramolecular Hbond substituents is 1. The highest BCUT2D eigenvalue weighted by Crippen LogP contribution is 2.65. The zero-order valence-electron chi connectivity index (χ0n) is 24.5. The van der Waals surface area contributed by atoms with Gasteiger partial charge in [0.05, 0.1) is 23.8 Å². The third-order valence-electron chi connectivity index (χ3n) is 10.8. The minimum absolute atomic E-state index is 0.0589. The first-order chi connectivity index (χ1) is 20.0. The molecule has 3 N–H and O–H groups in total. The van der Waals surface area contributed by atoms with Crippen molar-refractivity contribution >= 4 is 23.3 Å². The third-order valence-corrected chi connectivity index (χ3v) is 10.8. The second-order valence-electron chi connectivity index (χ2n) is 12.9. The maximum absolute atomic E-state index is 12.6. The normalized spacial score (nSPS) is 33.4. The first kappa shape index (κ1) is 30.0. The van der Waals surface area contributed by atoms with Gasteiger partial charge < -0.3 is 25.1 Å². The number of carbonyl (C=O) groups excluding carboxylic acids is 2. The van der Waals surface area contributed by atoms with Crippen LogP contribution in [0.2, 0.25) is 0 Å². The molecule has 0 aromatic heterocycles. The van der Waals surface area contributed by atoms with Crippen molar-refractivity contribution < 1.29 is 34.3 Å². The average molecular weight is 584 g/mol. The summed E-state index contributed by atoms with van der Waals surface area (Å²) in [6, 6.07) is 2.66. The van der Waals surface area contributed by atoms with Gasteiger partial charge in [-0.25, -0.2) is 4.79 Å². The first-order valence-corrected chi connectivity index (χ1v) is 14.9. The quantitative estimate of drug-likeness (QED) is 0.233. The molecule has 5 rings (SSSR count). The van der Waals surface area contributed by atoms with Crippen LogP contribution in [0.4, 0.5) is 5.69 Å². The van der Waals surface area contributed by atoms with Crippen LogP contribution in [0, 0.1) is 38.7 Å². The van der Waals surface area contributed by atoms with Crippen LogP contribution < -0.4 is 5.32 Å². The lowest BCUT2D eigenvalue weighted by Crippen LogP contribution is -2.51. The van der Waals surface area contributed by atoms with Gasteiger partial charge in [-0.15, -0.1) is 0 Å². The molecule has 1 aromatic carbocycles. The number of nitro groups is 1. The van der Waals surface area contributed by atoms with Crippen molar-refractivity contribution in [1.29, 1.82) is 0 Å². The van der Waals surface area contributed by atoms with Gasteiger partial charge in [-0.2, -0.15) is 0 Å². The van der Waals surface area contributed by atoms with Crippen LogP contribution in [-0.4, -0.2) is 58.6 Å². The smallest absolute Gasteiger partial charge is 0.328 e. The SMILES string of the molecule is COC(=O)[C@@H](Cc1ccc(O)c([N+](=O)[O-])c1)NC(=O)CO/N=C1\C=C2CC[C@@H]3[C@H]4CC[C@@H](O)[C@@]4(C)CC[C@H]3[C@@]2(C)CC1. The highest BCUT2D eigenvalue weighted by atomic mass is 16.6. The Morgan fingerprint density at radius 2 is 1.95 bits per heavy atom. The number of aromatic hydroxyl groups is 1. The van der Waals surface area contributed by atoms with E-state index >= 15 is 0 Å². The van der Waals surface area contributed by atoms with Crippen LogP contribution in [-0.2, 0) is 25.6 Å². The number of fused-ring (bicyclic) bond motifs is 5. The van der Waals surface area contributed by atoms with E-state index in [0.29, 0.717) is 23.3 Å². The number of nitrogens with one attached hydrogen (secondary N) is 1. The molecular weight excluding hydrogens is 542 g/mol. The van der Waals surface area contributed by atoms with E-state index in [4.69, 9.17) is 9.57 Å². The Morgan fingerprint density at radius 1 is 1.17 bits per heavy atom. The summed E-state index contributed by atoms with van der Waals surface area (Å²) in [7, 11) is 1.18. The molecule has 0 unspecified atom stereocenters. The van der Waals surface area contributed by atoms with Crippen molar-refractivity contribution in [3.05, 3.63) is 45.5 Å². The topological polar surface area (TPSA) is 161 Å². The average Bonchev–Trinajstić information content (AvgIpc) is 3.27. The number of nitrogens with zero attached hydrogens (tertiary/aromatic N) is 2. The maximum atomic E-state index is 12.6. The number of amides is 1. The molecule has 3 saturated carbocycles. The van der Waals surface area contributed by atoms with Gasteiger partial charge >= 0.3 is 11.7 Å². The van der Waals surface area contributed by atoms with Crippen molar-refractivity contribution in [3.8, 4) is 5.75 Å². The molecule has 1 aromatic rings. The molecule has 11 nitrogen and oxygen atoms in total. The number of nitro benzene ring substituents is 1. The largest absolute Gasteiger partial charge is 0.502 e. The van der Waals surface area contributed by atoms with Crippen molar-refractivity contribution in [3.63, 3.8) is 0 Å². The Kier molecular flexibility index (Phi) is 8.33. The Labute approximate surface area is 245 Å². The molecule has 4 aliphatic carbocycles. The van der Waals surface area contributed by atoms with E-state index in [1.165, 1.54) is 24.8 Å². The molecule has 4 aliphatic rings. The zero-order valence-corrected chi connectivity index (χ0v) is 24.5. The van der Waals surface area contributed by atoms with Gasteiger partial charge in [0.1, 0.15) is 6.04 Å². The lowest BCUT2D eigenvalue weighted by Gasteiger charge is -2.57. The number of esters is 1. The predicted octanol–water partition coefficient (Wildman–Crippen LogP) is 4.20. The summed E-state index contributed by atoms with van der Waals surface area (Å²) in [5.74, 6) is 0.0699. The number of phenols is 1. The van der Waals surface area contributed by atoms with Crippen LogP contribution in [0.3, 0.4) is 0 Å². The summed E-state index contributed by atoms with van der Waals surface area (Å²) in [4.78, 5) is 40.7. The molecular formula is C31H41N3O8. The molecule has 0 aliphatic heterocycles. The Hall–Kier alpha value is -3.47. The Balaban J connectivity index is 1.19. The predicted molar refractivity (Wildman–Crippen MR) is 154 cm³/mol. The van der Waals surface area contributed by atoms with E-state index in [1.807, 2.05) is 0 Å². The summed E-state index contributed by atoms with van der Waals surface area (Å²) in [5, 5.41) is 38.3. The van der Waals surface area contributed by atoms with Crippen LogP contribution in [0.15, 0.2) is 35.0 Å². The number of benzene rings is 1. The maximum Gasteiger partial charge on any atom is 0.328 e. The van der Waals surface area contributed by atoms with Gasteiger partial charge in [-0.05, 0) is 97.7 Å². The van der Waals surface area contributed by atoms with E-state index in [1.54, 1.807) is 0 Å².